The van der Waals surface area contributed by atoms with E-state index in [0.717, 1.165) is 12.1 Å². The van der Waals surface area contributed by atoms with Gasteiger partial charge in [0.1, 0.15) is 0 Å². The minimum absolute atomic E-state index is 0.0304. The van der Waals surface area contributed by atoms with Crippen LogP contribution in [0, 0.1) is 17.0 Å². The average Bonchev–Trinajstić information content (AvgIpc) is 2.67. The first-order valence-corrected chi connectivity index (χ1v) is 12.0. The van der Waals surface area contributed by atoms with Gasteiger partial charge in [-0.1, -0.05) is 29.8 Å². The van der Waals surface area contributed by atoms with Gasteiger partial charge >= 0.3 is 0 Å². The van der Waals surface area contributed by atoms with Crippen LogP contribution in [-0.4, -0.2) is 21.8 Å². The molecule has 0 fully saturated rings. The number of nitrogens with zero attached hydrogens (tertiary/aromatic N) is 1. The molecule has 3 rings (SSSR count). The molecule has 2 N–H and O–H groups in total. The van der Waals surface area contributed by atoms with Crippen LogP contribution in [0.15, 0.2) is 76.5 Å². The van der Waals surface area contributed by atoms with E-state index in [1.165, 1.54) is 49.4 Å². The average molecular weight is 482 g/mol. The highest BCUT2D eigenvalue weighted by atomic mass is 35.5. The van der Waals surface area contributed by atoms with Crippen molar-refractivity contribution in [3.05, 3.63) is 87.4 Å². The van der Waals surface area contributed by atoms with Crippen LogP contribution in [0.2, 0.25) is 5.02 Å². The Hall–Kier alpha value is -3.15. The van der Waals surface area contributed by atoms with Gasteiger partial charge in [0.15, 0.2) is 0 Å². The fraction of sp³-hybridized carbons (Fsp3) is 0.0526. The molecule has 0 aromatic heterocycles. The summed E-state index contributed by atoms with van der Waals surface area (Å²) in [7, 11) is -8.23. The summed E-state index contributed by atoms with van der Waals surface area (Å²) in [5.74, 6) is 0. The molecule has 0 aliphatic carbocycles. The highest BCUT2D eigenvalue weighted by Gasteiger charge is 2.21. The van der Waals surface area contributed by atoms with Crippen molar-refractivity contribution in [2.45, 2.75) is 16.7 Å². The van der Waals surface area contributed by atoms with E-state index in [1.54, 1.807) is 12.1 Å². The number of aryl methyl sites for hydroxylation is 1. The fourth-order valence-corrected chi connectivity index (χ4v) is 5.01. The van der Waals surface area contributed by atoms with Gasteiger partial charge in [0.25, 0.3) is 25.7 Å². The van der Waals surface area contributed by atoms with Crippen LogP contribution < -0.4 is 9.44 Å². The Morgan fingerprint density at radius 3 is 1.94 bits per heavy atom. The van der Waals surface area contributed by atoms with Gasteiger partial charge in [-0.2, -0.15) is 0 Å². The first-order chi connectivity index (χ1) is 14.5. The molecule has 9 nitrogen and oxygen atoms in total. The van der Waals surface area contributed by atoms with Crippen LogP contribution in [0.4, 0.5) is 17.1 Å². The van der Waals surface area contributed by atoms with Crippen molar-refractivity contribution in [1.82, 2.24) is 0 Å². The van der Waals surface area contributed by atoms with E-state index in [2.05, 4.69) is 9.44 Å². The zero-order valence-corrected chi connectivity index (χ0v) is 18.3. The first-order valence-electron chi connectivity index (χ1n) is 8.64. The lowest BCUT2D eigenvalue weighted by atomic mass is 10.2. The zero-order valence-electron chi connectivity index (χ0n) is 15.9. The Morgan fingerprint density at radius 1 is 0.806 bits per heavy atom. The number of nitrogens with one attached hydrogen (secondary N) is 2. The predicted molar refractivity (Wildman–Crippen MR) is 117 cm³/mol. The minimum atomic E-state index is -4.20. The van der Waals surface area contributed by atoms with E-state index in [4.69, 9.17) is 11.6 Å². The van der Waals surface area contributed by atoms with Crippen molar-refractivity contribution in [3.8, 4) is 0 Å². The first kappa shape index (κ1) is 22.5. The zero-order chi connectivity index (χ0) is 22.8. The van der Waals surface area contributed by atoms with Crippen LogP contribution in [0.1, 0.15) is 5.56 Å². The molecule has 162 valence electrons. The molecular weight excluding hydrogens is 466 g/mol. The summed E-state index contributed by atoms with van der Waals surface area (Å²) in [5, 5.41) is 11.4. The summed E-state index contributed by atoms with van der Waals surface area (Å²) >= 11 is 5.86. The summed E-state index contributed by atoms with van der Waals surface area (Å²) in [6, 6.07) is 14.7. The molecule has 3 aromatic carbocycles. The summed E-state index contributed by atoms with van der Waals surface area (Å²) in [4.78, 5) is 9.90. The third kappa shape index (κ3) is 5.32. The van der Waals surface area contributed by atoms with Crippen molar-refractivity contribution >= 4 is 48.7 Å². The third-order valence-corrected chi connectivity index (χ3v) is 7.15. The minimum Gasteiger partial charge on any atom is -0.280 e. The van der Waals surface area contributed by atoms with E-state index in [9.17, 15) is 26.9 Å². The molecular formula is C19H16ClN3O6S2. The molecule has 0 atom stereocenters. The normalized spacial score (nSPS) is 11.7. The number of nitro benzene ring substituents is 1. The molecule has 12 heteroatoms. The van der Waals surface area contributed by atoms with Crippen LogP contribution in [-0.2, 0) is 20.0 Å². The highest BCUT2D eigenvalue weighted by Crippen LogP contribution is 2.26. The molecule has 0 bridgehead atoms. The molecule has 31 heavy (non-hydrogen) atoms. The quantitative estimate of drug-likeness (QED) is 0.384. The Balaban J connectivity index is 1.89. The van der Waals surface area contributed by atoms with Gasteiger partial charge in [0, 0.05) is 16.7 Å². The largest absolute Gasteiger partial charge is 0.280 e. The van der Waals surface area contributed by atoms with Crippen molar-refractivity contribution in [2.75, 3.05) is 9.44 Å². The van der Waals surface area contributed by atoms with Crippen molar-refractivity contribution in [2.24, 2.45) is 0 Å². The van der Waals surface area contributed by atoms with E-state index in [-0.39, 0.29) is 26.9 Å². The summed E-state index contributed by atoms with van der Waals surface area (Å²) < 4.78 is 55.2. The molecule has 0 radical (unpaired) electrons. The Kier molecular flexibility index (Phi) is 6.20. The van der Waals surface area contributed by atoms with E-state index >= 15 is 0 Å². The molecule has 0 aliphatic rings. The van der Waals surface area contributed by atoms with Crippen LogP contribution >= 0.6 is 11.6 Å². The highest BCUT2D eigenvalue weighted by molar-refractivity contribution is 7.93. The maximum Gasteiger partial charge on any atom is 0.273 e. The summed E-state index contributed by atoms with van der Waals surface area (Å²) in [5.41, 5.74) is 0.178. The van der Waals surface area contributed by atoms with Gasteiger partial charge in [-0.3, -0.25) is 19.6 Å². The number of rotatable bonds is 7. The molecule has 0 aliphatic heterocycles. The monoisotopic (exact) mass is 481 g/mol. The van der Waals surface area contributed by atoms with E-state index < -0.39 is 25.0 Å². The van der Waals surface area contributed by atoms with Gasteiger partial charge < -0.3 is 0 Å². The van der Waals surface area contributed by atoms with Gasteiger partial charge in [-0.25, -0.2) is 16.8 Å². The second-order valence-electron chi connectivity index (χ2n) is 6.45. The molecule has 0 saturated heterocycles. The Labute approximate surface area is 183 Å². The van der Waals surface area contributed by atoms with Gasteiger partial charge in [-0.15, -0.1) is 0 Å². The molecule has 0 spiro atoms. The lowest BCUT2D eigenvalue weighted by Crippen LogP contribution is -2.15. The number of benzene rings is 3. The smallest absolute Gasteiger partial charge is 0.273 e. The summed E-state index contributed by atoms with van der Waals surface area (Å²) in [6.45, 7) is 1.49. The van der Waals surface area contributed by atoms with Gasteiger partial charge in [0.05, 0.1) is 26.1 Å². The number of nitro groups is 1. The third-order valence-electron chi connectivity index (χ3n) is 4.16. The van der Waals surface area contributed by atoms with Crippen molar-refractivity contribution < 1.29 is 21.8 Å². The second-order valence-corrected chi connectivity index (χ2v) is 10.3. The SMILES string of the molecule is Cc1ccc(S(=O)(=O)Nc2cccc(S(=O)(=O)Nc3cccc(Cl)c3)c2)cc1[N+](=O)[O-]. The van der Waals surface area contributed by atoms with Crippen LogP contribution in [0.25, 0.3) is 0 Å². The topological polar surface area (TPSA) is 135 Å². The molecule has 0 saturated carbocycles. The number of halogens is 1. The fourth-order valence-electron chi connectivity index (χ4n) is 2.66. The van der Waals surface area contributed by atoms with E-state index in [1.807, 2.05) is 0 Å². The molecule has 3 aromatic rings. The van der Waals surface area contributed by atoms with Crippen LogP contribution in [0.5, 0.6) is 0 Å². The Morgan fingerprint density at radius 2 is 1.35 bits per heavy atom. The maximum atomic E-state index is 12.7. The lowest BCUT2D eigenvalue weighted by molar-refractivity contribution is -0.385. The Bertz CT molecular complexity index is 1370. The summed E-state index contributed by atoms with van der Waals surface area (Å²) in [6.07, 6.45) is 0. The number of hydrogen-bond donors (Lipinski definition) is 2. The van der Waals surface area contributed by atoms with E-state index in [0.29, 0.717) is 10.6 Å². The molecule has 0 amide bonds. The number of anilines is 2. The van der Waals surface area contributed by atoms with Gasteiger partial charge in [0.2, 0.25) is 0 Å². The number of sulfonamides is 2. The van der Waals surface area contributed by atoms with Gasteiger partial charge in [-0.05, 0) is 49.4 Å². The predicted octanol–water partition coefficient (Wildman–Crippen LogP) is 4.16. The molecule has 0 heterocycles. The van der Waals surface area contributed by atoms with Crippen molar-refractivity contribution in [3.63, 3.8) is 0 Å². The van der Waals surface area contributed by atoms with Crippen LogP contribution in [0.3, 0.4) is 0 Å². The van der Waals surface area contributed by atoms with Crippen molar-refractivity contribution in [1.29, 1.82) is 0 Å². The maximum absolute atomic E-state index is 12.7. The second kappa shape index (κ2) is 8.53. The lowest BCUT2D eigenvalue weighted by Gasteiger charge is -2.12. The number of hydrogen-bond acceptors (Lipinski definition) is 6. The molecule has 0 unspecified atom stereocenters. The standard InChI is InChI=1S/C19H16ClN3O6S2/c1-13-8-9-18(12-19(13)23(24)25)31(28,29)22-16-6-3-7-17(11-16)30(26,27)21-15-5-2-4-14(20)10-15/h2-12,21-22H,1H3.